The Morgan fingerprint density at radius 2 is 2.09 bits per heavy atom. The summed E-state index contributed by atoms with van der Waals surface area (Å²) in [5.74, 6) is -3.84. The first-order valence-electron chi connectivity index (χ1n) is 7.15. The molecule has 116 valence electrons. The predicted octanol–water partition coefficient (Wildman–Crippen LogP) is 2.66. The summed E-state index contributed by atoms with van der Waals surface area (Å²) in [7, 11) is 0. The number of allylic oxidation sites excluding steroid dienone is 2. The van der Waals surface area contributed by atoms with E-state index in [9.17, 15) is 18.4 Å². The molecule has 0 bridgehead atoms. The van der Waals surface area contributed by atoms with Crippen molar-refractivity contribution in [1.82, 2.24) is 0 Å². The van der Waals surface area contributed by atoms with E-state index in [0.717, 1.165) is 12.1 Å². The number of carbonyl (C=O) groups is 2. The molecule has 0 radical (unpaired) electrons. The van der Waals surface area contributed by atoms with Crippen LogP contribution in [0.5, 0.6) is 0 Å². The smallest absolute Gasteiger partial charge is 0.310 e. The van der Waals surface area contributed by atoms with Crippen molar-refractivity contribution in [2.45, 2.75) is 12.8 Å². The Hall–Kier alpha value is -2.24. The monoisotopic (exact) mass is 307 g/mol. The fraction of sp³-hybridized carbons (Fsp3) is 0.375. The number of esters is 1. The molecule has 1 saturated heterocycles. The van der Waals surface area contributed by atoms with Crippen LogP contribution in [0.25, 0.3) is 0 Å². The van der Waals surface area contributed by atoms with Crippen molar-refractivity contribution < 1.29 is 23.1 Å². The Balaban J connectivity index is 1.77. The lowest BCUT2D eigenvalue weighted by atomic mass is 9.73. The maximum atomic E-state index is 13.2. The van der Waals surface area contributed by atoms with Gasteiger partial charge in [0.05, 0.1) is 18.4 Å². The highest BCUT2D eigenvalue weighted by molar-refractivity contribution is 5.95. The SMILES string of the molecule is O=C1OCC[C@H]2C=CC[C@@H](C(=O)Nc3ccc(F)c(F)c3)[C@@H]12. The molecule has 1 aliphatic carbocycles. The van der Waals surface area contributed by atoms with Crippen molar-refractivity contribution in [3.8, 4) is 0 Å². The summed E-state index contributed by atoms with van der Waals surface area (Å²) < 4.78 is 31.1. The minimum Gasteiger partial charge on any atom is -0.465 e. The van der Waals surface area contributed by atoms with Crippen molar-refractivity contribution in [1.29, 1.82) is 0 Å². The van der Waals surface area contributed by atoms with E-state index in [1.165, 1.54) is 6.07 Å². The molecular formula is C16H15F2NO3. The van der Waals surface area contributed by atoms with E-state index in [1.54, 1.807) is 0 Å². The minimum atomic E-state index is -1.03. The highest BCUT2D eigenvalue weighted by Gasteiger charge is 2.43. The number of fused-ring (bicyclic) bond motifs is 1. The van der Waals surface area contributed by atoms with Crippen LogP contribution in [0.1, 0.15) is 12.8 Å². The molecule has 1 aromatic rings. The number of carbonyl (C=O) groups excluding carboxylic acids is 2. The number of rotatable bonds is 2. The number of cyclic esters (lactones) is 1. The van der Waals surface area contributed by atoms with Gasteiger partial charge in [-0.1, -0.05) is 12.2 Å². The molecule has 0 saturated carbocycles. The second kappa shape index (κ2) is 5.87. The van der Waals surface area contributed by atoms with Crippen LogP contribution in [0.4, 0.5) is 14.5 Å². The van der Waals surface area contributed by atoms with Crippen LogP contribution in [-0.4, -0.2) is 18.5 Å². The fourth-order valence-corrected chi connectivity index (χ4v) is 3.05. The standard InChI is InChI=1S/C16H15F2NO3/c17-12-5-4-10(8-13(12)18)19-15(20)11-3-1-2-9-6-7-22-16(21)14(9)11/h1-2,4-5,8-9,11,14H,3,6-7H2,(H,19,20)/t9-,11-,14+/m1/s1. The van der Waals surface area contributed by atoms with Crippen LogP contribution >= 0.6 is 0 Å². The van der Waals surface area contributed by atoms with Gasteiger partial charge in [0.2, 0.25) is 5.91 Å². The average molecular weight is 307 g/mol. The number of amides is 1. The third-order valence-corrected chi connectivity index (χ3v) is 4.16. The lowest BCUT2D eigenvalue weighted by Crippen LogP contribution is -2.43. The lowest BCUT2D eigenvalue weighted by molar-refractivity contribution is -0.160. The van der Waals surface area contributed by atoms with E-state index in [0.29, 0.717) is 19.4 Å². The van der Waals surface area contributed by atoms with Gasteiger partial charge in [0.1, 0.15) is 0 Å². The van der Waals surface area contributed by atoms with E-state index in [4.69, 9.17) is 4.74 Å². The molecule has 1 fully saturated rings. The first-order valence-corrected chi connectivity index (χ1v) is 7.15. The lowest BCUT2D eigenvalue weighted by Gasteiger charge is -2.35. The molecule has 0 aromatic heterocycles. The van der Waals surface area contributed by atoms with Gasteiger partial charge in [0, 0.05) is 11.8 Å². The first kappa shape index (κ1) is 14.7. The molecule has 0 unspecified atom stereocenters. The zero-order chi connectivity index (χ0) is 15.7. The zero-order valence-electron chi connectivity index (χ0n) is 11.7. The number of benzene rings is 1. The van der Waals surface area contributed by atoms with Gasteiger partial charge in [0.15, 0.2) is 11.6 Å². The largest absolute Gasteiger partial charge is 0.465 e. The molecule has 6 heteroatoms. The summed E-state index contributed by atoms with van der Waals surface area (Å²) >= 11 is 0. The first-order chi connectivity index (χ1) is 10.6. The van der Waals surface area contributed by atoms with E-state index in [2.05, 4.69) is 5.32 Å². The Morgan fingerprint density at radius 1 is 1.27 bits per heavy atom. The van der Waals surface area contributed by atoms with Gasteiger partial charge >= 0.3 is 5.97 Å². The van der Waals surface area contributed by atoms with Gasteiger partial charge in [0.25, 0.3) is 0 Å². The second-order valence-corrected chi connectivity index (χ2v) is 5.53. The van der Waals surface area contributed by atoms with Crippen LogP contribution in [0.2, 0.25) is 0 Å². The molecule has 3 atom stereocenters. The number of ether oxygens (including phenoxy) is 1. The molecule has 22 heavy (non-hydrogen) atoms. The van der Waals surface area contributed by atoms with Gasteiger partial charge in [-0.05, 0) is 30.9 Å². The third kappa shape index (κ3) is 2.73. The number of halogens is 2. The Kier molecular flexibility index (Phi) is 3.92. The van der Waals surface area contributed by atoms with Crippen LogP contribution in [-0.2, 0) is 14.3 Å². The van der Waals surface area contributed by atoms with Crippen molar-refractivity contribution in [2.24, 2.45) is 17.8 Å². The van der Waals surface area contributed by atoms with Gasteiger partial charge in [-0.15, -0.1) is 0 Å². The van der Waals surface area contributed by atoms with Crippen LogP contribution < -0.4 is 5.32 Å². The summed E-state index contributed by atoms with van der Waals surface area (Å²) in [5, 5.41) is 2.55. The Bertz CT molecular complexity index is 644. The molecule has 4 nitrogen and oxygen atoms in total. The second-order valence-electron chi connectivity index (χ2n) is 5.53. The van der Waals surface area contributed by atoms with Gasteiger partial charge in [-0.3, -0.25) is 9.59 Å². The molecule has 2 aliphatic rings. The molecule has 1 aliphatic heterocycles. The number of hydrogen-bond acceptors (Lipinski definition) is 3. The van der Waals surface area contributed by atoms with Gasteiger partial charge in [-0.25, -0.2) is 8.78 Å². The van der Waals surface area contributed by atoms with Crippen molar-refractivity contribution in [3.05, 3.63) is 42.0 Å². The van der Waals surface area contributed by atoms with Crippen molar-refractivity contribution in [2.75, 3.05) is 11.9 Å². The number of anilines is 1. The van der Waals surface area contributed by atoms with E-state index in [1.807, 2.05) is 12.2 Å². The van der Waals surface area contributed by atoms with Crippen LogP contribution in [0.15, 0.2) is 30.4 Å². The van der Waals surface area contributed by atoms with Crippen LogP contribution in [0, 0.1) is 29.4 Å². The molecular weight excluding hydrogens is 292 g/mol. The summed E-state index contributed by atoms with van der Waals surface area (Å²) in [4.78, 5) is 24.3. The highest BCUT2D eigenvalue weighted by atomic mass is 19.2. The zero-order valence-corrected chi connectivity index (χ0v) is 11.7. The molecule has 0 spiro atoms. The summed E-state index contributed by atoms with van der Waals surface area (Å²) in [6.45, 7) is 0.363. The third-order valence-electron chi connectivity index (χ3n) is 4.16. The molecule has 1 heterocycles. The topological polar surface area (TPSA) is 55.4 Å². The van der Waals surface area contributed by atoms with Crippen molar-refractivity contribution >= 4 is 17.6 Å². The highest BCUT2D eigenvalue weighted by Crippen LogP contribution is 2.36. The van der Waals surface area contributed by atoms with Gasteiger partial charge < -0.3 is 10.1 Å². The summed E-state index contributed by atoms with van der Waals surface area (Å²) in [5.41, 5.74) is 0.166. The molecule has 1 N–H and O–H groups in total. The van der Waals surface area contributed by atoms with E-state index in [-0.39, 0.29) is 23.5 Å². The normalized spacial score (nSPS) is 27.0. The summed E-state index contributed by atoms with van der Waals surface area (Å²) in [6.07, 6.45) is 4.95. The van der Waals surface area contributed by atoms with Crippen molar-refractivity contribution in [3.63, 3.8) is 0 Å². The van der Waals surface area contributed by atoms with Gasteiger partial charge in [-0.2, -0.15) is 0 Å². The van der Waals surface area contributed by atoms with Crippen LogP contribution in [0.3, 0.4) is 0 Å². The van der Waals surface area contributed by atoms with E-state index < -0.39 is 23.5 Å². The van der Waals surface area contributed by atoms with E-state index >= 15 is 0 Å². The quantitative estimate of drug-likeness (QED) is 0.675. The number of hydrogen-bond donors (Lipinski definition) is 1. The molecule has 1 amide bonds. The molecule has 3 rings (SSSR count). The summed E-state index contributed by atoms with van der Waals surface area (Å²) in [6, 6.07) is 3.15. The average Bonchev–Trinajstić information content (AvgIpc) is 2.51. The maximum absolute atomic E-state index is 13.2. The molecule has 1 aromatic carbocycles. The maximum Gasteiger partial charge on any atom is 0.310 e. The Labute approximate surface area is 126 Å². The predicted molar refractivity (Wildman–Crippen MR) is 74.8 cm³/mol. The number of nitrogens with one attached hydrogen (secondary N) is 1. The Morgan fingerprint density at radius 3 is 2.86 bits per heavy atom. The minimum absolute atomic E-state index is 0.00398. The fourth-order valence-electron chi connectivity index (χ4n) is 3.05.